The molecule has 0 radical (unpaired) electrons. The van der Waals surface area contributed by atoms with E-state index in [1.165, 1.54) is 22.2 Å². The molecule has 2 heterocycles. The van der Waals surface area contributed by atoms with E-state index in [4.69, 9.17) is 4.42 Å². The van der Waals surface area contributed by atoms with Crippen LogP contribution in [-0.2, 0) is 13.0 Å². The van der Waals surface area contributed by atoms with Crippen LogP contribution < -0.4 is 5.32 Å². The van der Waals surface area contributed by atoms with Gasteiger partial charge in [-0.2, -0.15) is 5.10 Å². The van der Waals surface area contributed by atoms with Crippen molar-refractivity contribution in [3.05, 3.63) is 53.5 Å². The van der Waals surface area contributed by atoms with Crippen molar-refractivity contribution in [2.45, 2.75) is 26.3 Å². The number of hydrogen-bond acceptors (Lipinski definition) is 3. The van der Waals surface area contributed by atoms with Gasteiger partial charge in [-0.25, -0.2) is 0 Å². The Hall–Kier alpha value is -2.07. The van der Waals surface area contributed by atoms with Crippen molar-refractivity contribution in [3.63, 3.8) is 0 Å². The zero-order valence-electron chi connectivity index (χ0n) is 11.6. The summed E-state index contributed by atoms with van der Waals surface area (Å²) in [5, 5.41) is 11.7. The number of aromatic amines is 1. The van der Waals surface area contributed by atoms with Crippen molar-refractivity contribution < 1.29 is 4.42 Å². The highest BCUT2D eigenvalue weighted by Crippen LogP contribution is 2.20. The number of nitrogens with one attached hydrogen (secondary N) is 2. The third kappa shape index (κ3) is 2.75. The summed E-state index contributed by atoms with van der Waals surface area (Å²) in [6.45, 7) is 3.90. The van der Waals surface area contributed by atoms with Gasteiger partial charge in [0, 0.05) is 23.2 Å². The molecule has 0 saturated carbocycles. The van der Waals surface area contributed by atoms with Crippen molar-refractivity contribution in [1.82, 2.24) is 15.5 Å². The number of nitrogens with zero attached hydrogens (tertiary/aromatic N) is 1. The minimum atomic E-state index is 0.849. The Balaban J connectivity index is 1.47. The van der Waals surface area contributed by atoms with Crippen LogP contribution in [0, 0.1) is 6.92 Å². The Kier molecular flexibility index (Phi) is 3.83. The molecule has 0 aliphatic rings. The minimum absolute atomic E-state index is 0.849. The molecule has 0 fully saturated rings. The van der Waals surface area contributed by atoms with Crippen LogP contribution in [0.2, 0.25) is 0 Å². The van der Waals surface area contributed by atoms with E-state index in [0.717, 1.165) is 31.5 Å². The van der Waals surface area contributed by atoms with Gasteiger partial charge < -0.3 is 9.73 Å². The van der Waals surface area contributed by atoms with Gasteiger partial charge in [-0.15, -0.1) is 0 Å². The van der Waals surface area contributed by atoms with Crippen LogP contribution in [0.1, 0.15) is 23.2 Å². The van der Waals surface area contributed by atoms with E-state index in [9.17, 15) is 0 Å². The second-order valence-corrected chi connectivity index (χ2v) is 5.06. The smallest absolute Gasteiger partial charge is 0.134 e. The van der Waals surface area contributed by atoms with Gasteiger partial charge in [0.25, 0.3) is 0 Å². The van der Waals surface area contributed by atoms with Crippen molar-refractivity contribution in [1.29, 1.82) is 0 Å². The SMILES string of the molecule is Cc1[nH]ncc1CCCNCc1coc2ccccc12. The lowest BCUT2D eigenvalue weighted by atomic mass is 10.1. The third-order valence-corrected chi connectivity index (χ3v) is 3.61. The highest BCUT2D eigenvalue weighted by molar-refractivity contribution is 5.80. The largest absolute Gasteiger partial charge is 0.464 e. The molecule has 0 amide bonds. The second-order valence-electron chi connectivity index (χ2n) is 5.06. The maximum atomic E-state index is 5.53. The average molecular weight is 269 g/mol. The normalized spacial score (nSPS) is 11.2. The van der Waals surface area contributed by atoms with E-state index in [-0.39, 0.29) is 0 Å². The lowest BCUT2D eigenvalue weighted by Gasteiger charge is -2.03. The van der Waals surface area contributed by atoms with Crippen LogP contribution in [0.4, 0.5) is 0 Å². The van der Waals surface area contributed by atoms with E-state index in [0.29, 0.717) is 0 Å². The summed E-state index contributed by atoms with van der Waals surface area (Å²) in [5.74, 6) is 0. The summed E-state index contributed by atoms with van der Waals surface area (Å²) in [4.78, 5) is 0. The molecule has 4 nitrogen and oxygen atoms in total. The Labute approximate surface area is 118 Å². The fraction of sp³-hybridized carbons (Fsp3) is 0.312. The summed E-state index contributed by atoms with van der Waals surface area (Å²) >= 11 is 0. The Morgan fingerprint density at radius 1 is 1.25 bits per heavy atom. The van der Waals surface area contributed by atoms with Crippen LogP contribution >= 0.6 is 0 Å². The first-order valence-corrected chi connectivity index (χ1v) is 6.99. The van der Waals surface area contributed by atoms with Gasteiger partial charge in [-0.1, -0.05) is 18.2 Å². The molecule has 0 aliphatic carbocycles. The van der Waals surface area contributed by atoms with E-state index < -0.39 is 0 Å². The number of hydrogen-bond donors (Lipinski definition) is 2. The summed E-state index contributed by atoms with van der Waals surface area (Å²) in [6.07, 6.45) is 5.93. The number of fused-ring (bicyclic) bond motifs is 1. The number of furan rings is 1. The fourth-order valence-electron chi connectivity index (χ4n) is 2.42. The second kappa shape index (κ2) is 5.92. The lowest BCUT2D eigenvalue weighted by molar-refractivity contribution is 0.598. The molecule has 0 aliphatic heterocycles. The molecular formula is C16H19N3O. The molecule has 0 spiro atoms. The van der Waals surface area contributed by atoms with E-state index in [2.05, 4.69) is 28.5 Å². The quantitative estimate of drug-likeness (QED) is 0.676. The molecule has 0 saturated heterocycles. The van der Waals surface area contributed by atoms with Gasteiger partial charge in [0.15, 0.2) is 0 Å². The molecule has 2 N–H and O–H groups in total. The number of para-hydroxylation sites is 1. The monoisotopic (exact) mass is 269 g/mol. The number of rotatable bonds is 6. The Morgan fingerprint density at radius 3 is 3.00 bits per heavy atom. The maximum absolute atomic E-state index is 5.53. The van der Waals surface area contributed by atoms with Crippen molar-refractivity contribution in [3.8, 4) is 0 Å². The number of benzene rings is 1. The van der Waals surface area contributed by atoms with Crippen LogP contribution in [-0.4, -0.2) is 16.7 Å². The topological polar surface area (TPSA) is 53.9 Å². The molecule has 4 heteroatoms. The Morgan fingerprint density at radius 2 is 2.15 bits per heavy atom. The van der Waals surface area contributed by atoms with Gasteiger partial charge in [0.2, 0.25) is 0 Å². The molecule has 0 atom stereocenters. The van der Waals surface area contributed by atoms with Crippen molar-refractivity contribution in [2.75, 3.05) is 6.54 Å². The van der Waals surface area contributed by atoms with Gasteiger partial charge in [0.1, 0.15) is 5.58 Å². The van der Waals surface area contributed by atoms with Crippen molar-refractivity contribution in [2.24, 2.45) is 0 Å². The van der Waals surface area contributed by atoms with Crippen LogP contribution in [0.25, 0.3) is 11.0 Å². The lowest BCUT2D eigenvalue weighted by Crippen LogP contribution is -2.15. The van der Waals surface area contributed by atoms with Crippen LogP contribution in [0.3, 0.4) is 0 Å². The highest BCUT2D eigenvalue weighted by Gasteiger charge is 2.04. The van der Waals surface area contributed by atoms with Gasteiger partial charge in [-0.3, -0.25) is 5.10 Å². The highest BCUT2D eigenvalue weighted by atomic mass is 16.3. The Bertz CT molecular complexity index is 684. The summed E-state index contributed by atoms with van der Waals surface area (Å²) < 4.78 is 5.53. The minimum Gasteiger partial charge on any atom is -0.464 e. The molecular weight excluding hydrogens is 250 g/mol. The van der Waals surface area contributed by atoms with E-state index >= 15 is 0 Å². The zero-order chi connectivity index (χ0) is 13.8. The predicted octanol–water partition coefficient (Wildman–Crippen LogP) is 3.19. The summed E-state index contributed by atoms with van der Waals surface area (Å²) in [6, 6.07) is 8.14. The molecule has 0 bridgehead atoms. The third-order valence-electron chi connectivity index (χ3n) is 3.61. The van der Waals surface area contributed by atoms with E-state index in [1.54, 1.807) is 0 Å². The predicted molar refractivity (Wildman–Crippen MR) is 79.6 cm³/mol. The number of H-pyrrole nitrogens is 1. The molecule has 20 heavy (non-hydrogen) atoms. The molecule has 3 rings (SSSR count). The van der Waals surface area contributed by atoms with Gasteiger partial charge >= 0.3 is 0 Å². The summed E-state index contributed by atoms with van der Waals surface area (Å²) in [5.41, 5.74) is 4.66. The summed E-state index contributed by atoms with van der Waals surface area (Å²) in [7, 11) is 0. The molecule has 3 aromatic rings. The van der Waals surface area contributed by atoms with Crippen LogP contribution in [0.15, 0.2) is 41.1 Å². The molecule has 1 aromatic carbocycles. The van der Waals surface area contributed by atoms with Crippen LogP contribution in [0.5, 0.6) is 0 Å². The van der Waals surface area contributed by atoms with E-state index in [1.807, 2.05) is 30.7 Å². The molecule has 104 valence electrons. The molecule has 2 aromatic heterocycles. The number of aryl methyl sites for hydroxylation is 2. The average Bonchev–Trinajstić information content (AvgIpc) is 3.06. The van der Waals surface area contributed by atoms with Crippen molar-refractivity contribution >= 4 is 11.0 Å². The maximum Gasteiger partial charge on any atom is 0.134 e. The zero-order valence-corrected chi connectivity index (χ0v) is 11.6. The number of aromatic nitrogens is 2. The standard InChI is InChI=1S/C16H19N3O/c1-12-13(10-18-19-12)5-4-8-17-9-14-11-20-16-7-3-2-6-15(14)16/h2-3,6-7,10-11,17H,4-5,8-9H2,1H3,(H,18,19). The molecule has 0 unspecified atom stereocenters. The fourth-order valence-corrected chi connectivity index (χ4v) is 2.42. The first-order chi connectivity index (χ1) is 9.84. The van der Waals surface area contributed by atoms with Gasteiger partial charge in [-0.05, 0) is 37.9 Å². The first-order valence-electron chi connectivity index (χ1n) is 6.99. The van der Waals surface area contributed by atoms with Gasteiger partial charge in [0.05, 0.1) is 12.5 Å². The first kappa shape index (κ1) is 12.9.